The number of rotatable bonds is 3. The lowest BCUT2D eigenvalue weighted by Gasteiger charge is -1.93. The zero-order valence-electron chi connectivity index (χ0n) is 6.21. The molecule has 1 aliphatic rings. The number of hydrogen-bond donors (Lipinski definition) is 2. The highest BCUT2D eigenvalue weighted by Crippen LogP contribution is 2.24. The van der Waals surface area contributed by atoms with Crippen molar-refractivity contribution in [3.63, 3.8) is 0 Å². The molecule has 11 heavy (non-hydrogen) atoms. The van der Waals surface area contributed by atoms with Crippen LogP contribution in [0.4, 0.5) is 5.88 Å². The van der Waals surface area contributed by atoms with Crippen LogP contribution in [0.5, 0.6) is 0 Å². The Balaban J connectivity index is 1.99. The van der Waals surface area contributed by atoms with Crippen LogP contribution in [0.2, 0.25) is 0 Å². The summed E-state index contributed by atoms with van der Waals surface area (Å²) in [4.78, 5) is 0. The van der Waals surface area contributed by atoms with Crippen molar-refractivity contribution in [1.82, 2.24) is 5.16 Å². The van der Waals surface area contributed by atoms with Gasteiger partial charge >= 0.3 is 0 Å². The lowest BCUT2D eigenvalue weighted by Crippen LogP contribution is -1.99. The van der Waals surface area contributed by atoms with E-state index in [4.69, 9.17) is 10.3 Å². The average molecular weight is 153 g/mol. The van der Waals surface area contributed by atoms with E-state index in [1.165, 1.54) is 12.8 Å². The lowest BCUT2D eigenvalue weighted by atomic mass is 10.4. The molecule has 4 nitrogen and oxygen atoms in total. The molecule has 0 unspecified atom stereocenters. The van der Waals surface area contributed by atoms with E-state index in [2.05, 4.69) is 10.5 Å². The Hall–Kier alpha value is -1.03. The van der Waals surface area contributed by atoms with Crippen molar-refractivity contribution < 1.29 is 4.52 Å². The maximum atomic E-state index is 5.36. The Bertz CT molecular complexity index is 242. The SMILES string of the molecule is NCc1cc(NC2CC2)on1. The fourth-order valence-corrected chi connectivity index (χ4v) is 0.905. The molecule has 1 saturated carbocycles. The van der Waals surface area contributed by atoms with Gasteiger partial charge < -0.3 is 15.6 Å². The molecule has 0 atom stereocenters. The standard InChI is InChI=1S/C7H11N3O/c8-4-6-3-7(11-10-6)9-5-1-2-5/h3,5,9H,1-2,4,8H2. The van der Waals surface area contributed by atoms with E-state index >= 15 is 0 Å². The van der Waals surface area contributed by atoms with Gasteiger partial charge in [0.2, 0.25) is 5.88 Å². The monoisotopic (exact) mass is 153 g/mol. The van der Waals surface area contributed by atoms with Crippen LogP contribution in [-0.4, -0.2) is 11.2 Å². The van der Waals surface area contributed by atoms with Gasteiger partial charge in [-0.3, -0.25) is 0 Å². The molecule has 1 fully saturated rings. The molecule has 0 aliphatic heterocycles. The van der Waals surface area contributed by atoms with Gasteiger partial charge in [-0.05, 0) is 12.8 Å². The molecule has 0 amide bonds. The quantitative estimate of drug-likeness (QED) is 0.671. The summed E-state index contributed by atoms with van der Waals surface area (Å²) in [6.45, 7) is 0.440. The molecule has 2 rings (SSSR count). The largest absolute Gasteiger partial charge is 0.351 e. The van der Waals surface area contributed by atoms with Crippen LogP contribution in [0, 0.1) is 0 Å². The Morgan fingerprint density at radius 3 is 3.09 bits per heavy atom. The second kappa shape index (κ2) is 2.54. The van der Waals surface area contributed by atoms with E-state index in [-0.39, 0.29) is 0 Å². The summed E-state index contributed by atoms with van der Waals surface area (Å²) in [7, 11) is 0. The molecular weight excluding hydrogens is 142 g/mol. The number of hydrogen-bond acceptors (Lipinski definition) is 4. The summed E-state index contributed by atoms with van der Waals surface area (Å²) in [6.07, 6.45) is 2.47. The highest BCUT2D eigenvalue weighted by Gasteiger charge is 2.22. The number of nitrogens with zero attached hydrogens (tertiary/aromatic N) is 1. The molecule has 0 spiro atoms. The zero-order valence-corrected chi connectivity index (χ0v) is 6.21. The summed E-state index contributed by atoms with van der Waals surface area (Å²) in [5.41, 5.74) is 6.16. The van der Waals surface area contributed by atoms with Crippen LogP contribution in [0.1, 0.15) is 18.5 Å². The lowest BCUT2D eigenvalue weighted by molar-refractivity contribution is 0.423. The first-order chi connectivity index (χ1) is 5.38. The fraction of sp³-hybridized carbons (Fsp3) is 0.571. The van der Waals surface area contributed by atoms with Crippen LogP contribution >= 0.6 is 0 Å². The van der Waals surface area contributed by atoms with Crippen molar-refractivity contribution in [1.29, 1.82) is 0 Å². The third kappa shape index (κ3) is 1.51. The Labute approximate surface area is 64.7 Å². The second-order valence-corrected chi connectivity index (χ2v) is 2.81. The third-order valence-electron chi connectivity index (χ3n) is 1.69. The van der Waals surface area contributed by atoms with Gasteiger partial charge in [0.15, 0.2) is 0 Å². The van der Waals surface area contributed by atoms with Crippen molar-refractivity contribution in [2.45, 2.75) is 25.4 Å². The highest BCUT2D eigenvalue weighted by molar-refractivity contribution is 5.34. The summed E-state index contributed by atoms with van der Waals surface area (Å²) in [5, 5.41) is 6.94. The zero-order chi connectivity index (χ0) is 7.68. The highest BCUT2D eigenvalue weighted by atomic mass is 16.5. The van der Waals surface area contributed by atoms with Crippen molar-refractivity contribution in [3.05, 3.63) is 11.8 Å². The van der Waals surface area contributed by atoms with Crippen molar-refractivity contribution in [2.75, 3.05) is 5.32 Å². The Kier molecular flexibility index (Phi) is 1.54. The first-order valence-electron chi connectivity index (χ1n) is 3.80. The Morgan fingerprint density at radius 1 is 1.73 bits per heavy atom. The summed E-state index contributed by atoms with van der Waals surface area (Å²) in [6, 6.07) is 2.45. The molecule has 1 heterocycles. The van der Waals surface area contributed by atoms with Crippen LogP contribution in [0.15, 0.2) is 10.6 Å². The summed E-state index contributed by atoms with van der Waals surface area (Å²) >= 11 is 0. The minimum atomic E-state index is 0.440. The van der Waals surface area contributed by atoms with E-state index in [1.54, 1.807) is 0 Å². The van der Waals surface area contributed by atoms with Gasteiger partial charge in [-0.1, -0.05) is 5.16 Å². The average Bonchev–Trinajstić information content (AvgIpc) is 2.68. The first-order valence-corrected chi connectivity index (χ1v) is 3.80. The maximum Gasteiger partial charge on any atom is 0.225 e. The van der Waals surface area contributed by atoms with Gasteiger partial charge in [-0.15, -0.1) is 0 Å². The van der Waals surface area contributed by atoms with Gasteiger partial charge in [0.05, 0.1) is 5.69 Å². The molecule has 4 heteroatoms. The van der Waals surface area contributed by atoms with Crippen molar-refractivity contribution >= 4 is 5.88 Å². The van der Waals surface area contributed by atoms with Crippen LogP contribution in [-0.2, 0) is 6.54 Å². The normalized spacial score (nSPS) is 16.8. The molecule has 1 aliphatic carbocycles. The maximum absolute atomic E-state index is 5.36. The minimum Gasteiger partial charge on any atom is -0.351 e. The van der Waals surface area contributed by atoms with Crippen LogP contribution in [0.3, 0.4) is 0 Å². The third-order valence-corrected chi connectivity index (χ3v) is 1.69. The number of aromatic nitrogens is 1. The van der Waals surface area contributed by atoms with Gasteiger partial charge in [0, 0.05) is 18.7 Å². The smallest absolute Gasteiger partial charge is 0.225 e. The summed E-state index contributed by atoms with van der Waals surface area (Å²) in [5.74, 6) is 0.743. The topological polar surface area (TPSA) is 64.1 Å². The number of nitrogens with one attached hydrogen (secondary N) is 1. The second-order valence-electron chi connectivity index (χ2n) is 2.81. The van der Waals surface area contributed by atoms with E-state index in [0.29, 0.717) is 12.6 Å². The molecule has 0 saturated heterocycles. The predicted octanol–water partition coefficient (Wildman–Crippen LogP) is 0.708. The van der Waals surface area contributed by atoms with E-state index < -0.39 is 0 Å². The predicted molar refractivity (Wildman–Crippen MR) is 41.0 cm³/mol. The van der Waals surface area contributed by atoms with E-state index in [0.717, 1.165) is 11.6 Å². The van der Waals surface area contributed by atoms with Gasteiger partial charge in [-0.2, -0.15) is 0 Å². The van der Waals surface area contributed by atoms with E-state index in [1.807, 2.05) is 6.07 Å². The van der Waals surface area contributed by atoms with Gasteiger partial charge in [-0.25, -0.2) is 0 Å². The van der Waals surface area contributed by atoms with Crippen molar-refractivity contribution in [2.24, 2.45) is 5.73 Å². The van der Waals surface area contributed by atoms with Gasteiger partial charge in [0.25, 0.3) is 0 Å². The molecule has 0 aromatic carbocycles. The molecule has 1 aromatic heterocycles. The Morgan fingerprint density at radius 2 is 2.55 bits per heavy atom. The molecule has 0 radical (unpaired) electrons. The molecule has 0 bridgehead atoms. The minimum absolute atomic E-state index is 0.440. The molecule has 1 aromatic rings. The molecule has 60 valence electrons. The number of anilines is 1. The number of nitrogens with two attached hydrogens (primary N) is 1. The fourth-order valence-electron chi connectivity index (χ4n) is 0.905. The van der Waals surface area contributed by atoms with Crippen LogP contribution in [0.25, 0.3) is 0 Å². The summed E-state index contributed by atoms with van der Waals surface area (Å²) < 4.78 is 4.97. The molecule has 3 N–H and O–H groups in total. The van der Waals surface area contributed by atoms with Crippen LogP contribution < -0.4 is 11.1 Å². The molecular formula is C7H11N3O. The van der Waals surface area contributed by atoms with E-state index in [9.17, 15) is 0 Å². The van der Waals surface area contributed by atoms with Gasteiger partial charge in [0.1, 0.15) is 0 Å². The first kappa shape index (κ1) is 6.67. The van der Waals surface area contributed by atoms with Crippen molar-refractivity contribution in [3.8, 4) is 0 Å².